The lowest BCUT2D eigenvalue weighted by Gasteiger charge is -2.53. The first-order chi connectivity index (χ1) is 18.6. The average molecular weight is 519 g/mol. The van der Waals surface area contributed by atoms with Gasteiger partial charge in [-0.15, -0.1) is 0 Å². The minimum absolute atomic E-state index is 0.0648. The lowest BCUT2D eigenvalue weighted by Crippen LogP contribution is -2.55. The number of unbranched alkanes of at least 4 members (excludes halogenated alkanes) is 1. The summed E-state index contributed by atoms with van der Waals surface area (Å²) in [5, 5.41) is 3.67. The quantitative estimate of drug-likeness (QED) is 0.424. The van der Waals surface area contributed by atoms with Gasteiger partial charge in [0.2, 0.25) is 0 Å². The molecule has 4 aliphatic rings. The minimum Gasteiger partial charge on any atom is -0.491 e. The van der Waals surface area contributed by atoms with Crippen molar-refractivity contribution in [1.82, 2.24) is 4.90 Å². The van der Waals surface area contributed by atoms with Crippen molar-refractivity contribution in [3.05, 3.63) is 53.1 Å². The fourth-order valence-electron chi connectivity index (χ4n) is 7.60. The Labute approximate surface area is 227 Å². The predicted molar refractivity (Wildman–Crippen MR) is 149 cm³/mol. The molecule has 2 aliphatic heterocycles. The van der Waals surface area contributed by atoms with Crippen LogP contribution in [-0.4, -0.2) is 42.8 Å². The zero-order valence-corrected chi connectivity index (χ0v) is 23.0. The van der Waals surface area contributed by atoms with Crippen LogP contribution < -0.4 is 14.8 Å². The first-order valence-electron chi connectivity index (χ1n) is 14.8. The molecule has 0 radical (unpaired) electrons. The van der Waals surface area contributed by atoms with Gasteiger partial charge in [-0.1, -0.05) is 56.5 Å². The molecule has 6 rings (SSSR count). The highest BCUT2D eigenvalue weighted by Crippen LogP contribution is 2.59. The smallest absolute Gasteiger partial charge is 0.410 e. The molecule has 0 spiro atoms. The van der Waals surface area contributed by atoms with E-state index in [2.05, 4.69) is 30.1 Å². The maximum Gasteiger partial charge on any atom is 0.410 e. The number of carbonyl (C=O) groups excluding carboxylic acids is 1. The van der Waals surface area contributed by atoms with Crippen molar-refractivity contribution in [3.8, 4) is 11.5 Å². The normalized spacial score (nSPS) is 27.5. The van der Waals surface area contributed by atoms with Gasteiger partial charge in [0.15, 0.2) is 0 Å². The van der Waals surface area contributed by atoms with E-state index < -0.39 is 0 Å². The van der Waals surface area contributed by atoms with Crippen LogP contribution in [-0.2, 0) is 23.2 Å². The van der Waals surface area contributed by atoms with E-state index in [9.17, 15) is 4.79 Å². The Morgan fingerprint density at radius 3 is 2.87 bits per heavy atom. The number of nitrogens with one attached hydrogen (secondary N) is 1. The third kappa shape index (κ3) is 4.50. The highest BCUT2D eigenvalue weighted by atomic mass is 16.6. The van der Waals surface area contributed by atoms with E-state index in [1.54, 1.807) is 0 Å². The molecular weight excluding hydrogens is 476 g/mol. The average Bonchev–Trinajstić information content (AvgIpc) is 3.07. The lowest BCUT2D eigenvalue weighted by atomic mass is 9.54. The number of anilines is 1. The SMILES string of the molecule is CCCCOc1cc2c(c3c1NC(C)CO3)C[C@H]1C3CCCC[C@@]23CCCN1C(=O)OCc1ccccc1. The van der Waals surface area contributed by atoms with Gasteiger partial charge in [0.05, 0.1) is 12.6 Å². The first-order valence-corrected chi connectivity index (χ1v) is 14.8. The van der Waals surface area contributed by atoms with Crippen molar-refractivity contribution in [3.63, 3.8) is 0 Å². The van der Waals surface area contributed by atoms with Crippen molar-refractivity contribution >= 4 is 11.8 Å². The summed E-state index contributed by atoms with van der Waals surface area (Å²) in [5.74, 6) is 2.34. The molecule has 2 aromatic rings. The standard InChI is InChI=1S/C32H42N2O4/c1-3-4-17-36-28-19-26-24(30-29(28)33-22(2)20-37-30)18-27-25-13-8-9-14-32(25,26)15-10-16-34(27)31(35)38-21-23-11-6-5-7-12-23/h5-7,11-12,19,22,25,27,33H,3-4,8-10,13-18,20-21H2,1-2H3/t22?,25?,27-,32-/m0/s1. The zero-order chi connectivity index (χ0) is 26.1. The minimum atomic E-state index is -0.176. The van der Waals surface area contributed by atoms with Crippen LogP contribution in [0.4, 0.5) is 10.5 Å². The van der Waals surface area contributed by atoms with Gasteiger partial charge in [0.1, 0.15) is 30.4 Å². The number of fused-ring (bicyclic) bond motifs is 3. The van der Waals surface area contributed by atoms with Gasteiger partial charge in [-0.25, -0.2) is 4.79 Å². The highest BCUT2D eigenvalue weighted by molar-refractivity contribution is 5.75. The van der Waals surface area contributed by atoms with Crippen molar-refractivity contribution in [2.24, 2.45) is 5.92 Å². The van der Waals surface area contributed by atoms with Gasteiger partial charge in [-0.05, 0) is 68.6 Å². The van der Waals surface area contributed by atoms with E-state index >= 15 is 0 Å². The molecule has 1 N–H and O–H groups in total. The molecule has 0 aromatic heterocycles. The summed E-state index contributed by atoms with van der Waals surface area (Å²) in [6.45, 7) is 6.78. The van der Waals surface area contributed by atoms with Crippen LogP contribution >= 0.6 is 0 Å². The van der Waals surface area contributed by atoms with Gasteiger partial charge < -0.3 is 24.4 Å². The zero-order valence-electron chi connectivity index (χ0n) is 23.0. The monoisotopic (exact) mass is 518 g/mol. The van der Waals surface area contributed by atoms with Crippen molar-refractivity contribution in [1.29, 1.82) is 0 Å². The molecule has 1 saturated heterocycles. The van der Waals surface area contributed by atoms with Crippen LogP contribution in [0, 0.1) is 5.92 Å². The number of rotatable bonds is 6. The Morgan fingerprint density at radius 2 is 2.03 bits per heavy atom. The van der Waals surface area contributed by atoms with Gasteiger partial charge in [-0.2, -0.15) is 0 Å². The molecule has 1 amide bonds. The number of carbonyl (C=O) groups is 1. The van der Waals surface area contributed by atoms with Gasteiger partial charge in [-0.3, -0.25) is 0 Å². The third-order valence-electron chi connectivity index (χ3n) is 9.35. The van der Waals surface area contributed by atoms with E-state index in [-0.39, 0.29) is 23.6 Å². The molecular formula is C32H42N2O4. The molecule has 2 unspecified atom stereocenters. The van der Waals surface area contributed by atoms with Crippen LogP contribution in [0.2, 0.25) is 0 Å². The second kappa shape index (κ2) is 10.7. The summed E-state index contributed by atoms with van der Waals surface area (Å²) in [6.07, 6.45) is 9.67. The predicted octanol–water partition coefficient (Wildman–Crippen LogP) is 6.84. The number of ether oxygens (including phenoxy) is 3. The summed E-state index contributed by atoms with van der Waals surface area (Å²) in [7, 11) is 0. The van der Waals surface area contributed by atoms with Gasteiger partial charge >= 0.3 is 6.09 Å². The molecule has 2 aliphatic carbocycles. The van der Waals surface area contributed by atoms with Crippen LogP contribution in [0.25, 0.3) is 0 Å². The molecule has 2 fully saturated rings. The number of benzene rings is 2. The Bertz CT molecular complexity index is 1150. The summed E-state index contributed by atoms with van der Waals surface area (Å²) in [4.78, 5) is 15.7. The Balaban J connectivity index is 1.38. The van der Waals surface area contributed by atoms with Crippen LogP contribution in [0.15, 0.2) is 36.4 Å². The largest absolute Gasteiger partial charge is 0.491 e. The van der Waals surface area contributed by atoms with Crippen molar-refractivity contribution in [2.45, 2.75) is 95.7 Å². The van der Waals surface area contributed by atoms with E-state index in [1.807, 2.05) is 30.3 Å². The van der Waals surface area contributed by atoms with Gasteiger partial charge in [0.25, 0.3) is 0 Å². The Kier molecular flexibility index (Phi) is 7.15. The molecule has 2 heterocycles. The summed E-state index contributed by atoms with van der Waals surface area (Å²) < 4.78 is 18.8. The summed E-state index contributed by atoms with van der Waals surface area (Å²) in [5.41, 5.74) is 4.80. The molecule has 2 bridgehead atoms. The summed E-state index contributed by atoms with van der Waals surface area (Å²) in [6, 6.07) is 12.7. The Hall–Kier alpha value is -2.89. The number of nitrogens with zero attached hydrogens (tertiary/aromatic N) is 1. The molecule has 1 saturated carbocycles. The molecule has 6 heteroatoms. The number of amides is 1. The molecule has 4 atom stereocenters. The van der Waals surface area contributed by atoms with Crippen LogP contribution in [0.1, 0.15) is 81.9 Å². The topological polar surface area (TPSA) is 60.0 Å². The van der Waals surface area contributed by atoms with E-state index in [0.29, 0.717) is 19.1 Å². The third-order valence-corrected chi connectivity index (χ3v) is 9.35. The molecule has 2 aromatic carbocycles. The highest BCUT2D eigenvalue weighted by Gasteiger charge is 2.54. The summed E-state index contributed by atoms with van der Waals surface area (Å²) >= 11 is 0. The molecule has 204 valence electrons. The number of hydrogen-bond donors (Lipinski definition) is 1. The number of hydrogen-bond acceptors (Lipinski definition) is 5. The van der Waals surface area contributed by atoms with E-state index in [0.717, 1.165) is 74.4 Å². The van der Waals surface area contributed by atoms with Crippen molar-refractivity contribution < 1.29 is 19.0 Å². The van der Waals surface area contributed by atoms with Gasteiger partial charge in [0, 0.05) is 23.6 Å². The fraction of sp³-hybridized carbons (Fsp3) is 0.594. The Morgan fingerprint density at radius 1 is 1.18 bits per heavy atom. The maximum absolute atomic E-state index is 13.6. The van der Waals surface area contributed by atoms with E-state index in [1.165, 1.54) is 30.4 Å². The lowest BCUT2D eigenvalue weighted by molar-refractivity contribution is 0.0435. The second-order valence-corrected chi connectivity index (χ2v) is 11.8. The van der Waals surface area contributed by atoms with Crippen LogP contribution in [0.5, 0.6) is 11.5 Å². The van der Waals surface area contributed by atoms with E-state index in [4.69, 9.17) is 14.2 Å². The molecule has 6 nitrogen and oxygen atoms in total. The molecule has 38 heavy (non-hydrogen) atoms. The number of likely N-dealkylation sites (tertiary alicyclic amines) is 1. The maximum atomic E-state index is 13.6. The first kappa shape index (κ1) is 25.4. The fourth-order valence-corrected chi connectivity index (χ4v) is 7.60. The van der Waals surface area contributed by atoms with Crippen molar-refractivity contribution in [2.75, 3.05) is 25.1 Å². The second-order valence-electron chi connectivity index (χ2n) is 11.8. The van der Waals surface area contributed by atoms with Crippen LogP contribution in [0.3, 0.4) is 0 Å².